The van der Waals surface area contributed by atoms with Crippen molar-refractivity contribution in [3.8, 4) is 0 Å². The Bertz CT molecular complexity index is 507. The van der Waals surface area contributed by atoms with Crippen LogP contribution in [0.3, 0.4) is 0 Å². The molecule has 0 bridgehead atoms. The van der Waals surface area contributed by atoms with Crippen LogP contribution < -0.4 is 5.73 Å². The highest BCUT2D eigenvalue weighted by atomic mass is 79.9. The monoisotopic (exact) mass is 296 g/mol. The van der Waals surface area contributed by atoms with Gasteiger partial charge in [0.1, 0.15) is 5.01 Å². The van der Waals surface area contributed by atoms with Crippen molar-refractivity contribution in [2.45, 2.75) is 19.9 Å². The fraction of sp³-hybridized carbons (Fsp3) is 0.250. The number of benzene rings is 1. The third kappa shape index (κ3) is 2.34. The van der Waals surface area contributed by atoms with Crippen molar-refractivity contribution < 1.29 is 0 Å². The molecule has 1 aromatic heterocycles. The van der Waals surface area contributed by atoms with Gasteiger partial charge in [-0.25, -0.2) is 4.98 Å². The molecule has 0 saturated carbocycles. The lowest BCUT2D eigenvalue weighted by atomic mass is 10.1. The Hall–Kier alpha value is -0.710. The predicted octanol–water partition coefficient (Wildman–Crippen LogP) is 3.57. The second-order valence-corrected chi connectivity index (χ2v) is 5.57. The number of hydrogen-bond donors (Lipinski definition) is 1. The van der Waals surface area contributed by atoms with Gasteiger partial charge in [-0.1, -0.05) is 28.1 Å². The maximum Gasteiger partial charge on any atom is 0.114 e. The number of aryl methyl sites for hydroxylation is 2. The summed E-state index contributed by atoms with van der Waals surface area (Å²) in [5.41, 5.74) is 9.53. The molecular formula is C12H13BrN2S. The SMILES string of the molecule is Cc1ccc(C(N)c2nc(C)cs2)c(Br)c1. The first-order valence-corrected chi connectivity index (χ1v) is 6.69. The van der Waals surface area contributed by atoms with E-state index in [4.69, 9.17) is 5.73 Å². The number of nitrogens with zero attached hydrogens (tertiary/aromatic N) is 1. The van der Waals surface area contributed by atoms with E-state index in [1.165, 1.54) is 5.56 Å². The van der Waals surface area contributed by atoms with Gasteiger partial charge in [0.25, 0.3) is 0 Å². The molecule has 1 unspecified atom stereocenters. The van der Waals surface area contributed by atoms with Crippen molar-refractivity contribution in [1.29, 1.82) is 0 Å². The molecule has 0 spiro atoms. The summed E-state index contributed by atoms with van der Waals surface area (Å²) < 4.78 is 1.05. The molecule has 2 aromatic rings. The van der Waals surface area contributed by atoms with Crippen LogP contribution in [0.2, 0.25) is 0 Å². The largest absolute Gasteiger partial charge is 0.318 e. The van der Waals surface area contributed by atoms with Gasteiger partial charge in [-0.2, -0.15) is 0 Å². The predicted molar refractivity (Wildman–Crippen MR) is 71.8 cm³/mol. The molecule has 0 aliphatic carbocycles. The Morgan fingerprint density at radius 3 is 2.69 bits per heavy atom. The molecule has 1 atom stereocenters. The molecule has 2 N–H and O–H groups in total. The van der Waals surface area contributed by atoms with Gasteiger partial charge in [-0.15, -0.1) is 11.3 Å². The third-order valence-electron chi connectivity index (χ3n) is 2.39. The molecule has 1 aromatic carbocycles. The molecule has 0 aliphatic rings. The molecule has 2 nitrogen and oxygen atoms in total. The number of hydrogen-bond acceptors (Lipinski definition) is 3. The molecule has 0 saturated heterocycles. The van der Waals surface area contributed by atoms with E-state index in [1.807, 2.05) is 12.3 Å². The lowest BCUT2D eigenvalue weighted by Crippen LogP contribution is -2.12. The first kappa shape index (κ1) is 11.8. The standard InChI is InChI=1S/C12H13BrN2S/c1-7-3-4-9(10(13)5-7)11(14)12-15-8(2)6-16-12/h3-6,11H,14H2,1-2H3. The van der Waals surface area contributed by atoms with Gasteiger partial charge in [0.15, 0.2) is 0 Å². The van der Waals surface area contributed by atoms with E-state index in [-0.39, 0.29) is 6.04 Å². The Kier molecular flexibility index (Phi) is 3.42. The summed E-state index contributed by atoms with van der Waals surface area (Å²) in [6, 6.07) is 6.06. The summed E-state index contributed by atoms with van der Waals surface area (Å²) in [5, 5.41) is 2.99. The molecule has 84 valence electrons. The van der Waals surface area contributed by atoms with Gasteiger partial charge < -0.3 is 5.73 Å². The summed E-state index contributed by atoms with van der Waals surface area (Å²) >= 11 is 5.16. The van der Waals surface area contributed by atoms with E-state index in [2.05, 4.69) is 46.0 Å². The molecule has 1 heterocycles. The highest BCUT2D eigenvalue weighted by Gasteiger charge is 2.15. The second-order valence-electron chi connectivity index (χ2n) is 3.83. The zero-order valence-electron chi connectivity index (χ0n) is 9.20. The molecule has 0 aliphatic heterocycles. The van der Waals surface area contributed by atoms with Crippen LogP contribution in [0.4, 0.5) is 0 Å². The van der Waals surface area contributed by atoms with E-state index < -0.39 is 0 Å². The first-order valence-electron chi connectivity index (χ1n) is 5.01. The van der Waals surface area contributed by atoms with Crippen molar-refractivity contribution in [2.75, 3.05) is 0 Å². The van der Waals surface area contributed by atoms with Crippen molar-refractivity contribution in [2.24, 2.45) is 5.73 Å². The maximum atomic E-state index is 6.20. The van der Waals surface area contributed by atoms with Crippen LogP contribution in [-0.2, 0) is 0 Å². The second kappa shape index (κ2) is 4.65. The van der Waals surface area contributed by atoms with Crippen LogP contribution in [0.1, 0.15) is 27.9 Å². The number of thiazole rings is 1. The summed E-state index contributed by atoms with van der Waals surface area (Å²) in [4.78, 5) is 4.42. The number of rotatable bonds is 2. The Balaban J connectivity index is 2.37. The summed E-state index contributed by atoms with van der Waals surface area (Å²) in [5.74, 6) is 0. The number of nitrogens with two attached hydrogens (primary N) is 1. The van der Waals surface area contributed by atoms with E-state index in [1.54, 1.807) is 11.3 Å². The van der Waals surface area contributed by atoms with Crippen LogP contribution in [-0.4, -0.2) is 4.98 Å². The van der Waals surface area contributed by atoms with Gasteiger partial charge in [0, 0.05) is 15.5 Å². The quantitative estimate of drug-likeness (QED) is 0.920. The Morgan fingerprint density at radius 1 is 1.38 bits per heavy atom. The Labute approximate surface area is 108 Å². The fourth-order valence-corrected chi connectivity index (χ4v) is 3.09. The highest BCUT2D eigenvalue weighted by Crippen LogP contribution is 2.29. The average Bonchev–Trinajstić information content (AvgIpc) is 2.64. The summed E-state index contributed by atoms with van der Waals surface area (Å²) in [6.45, 7) is 4.05. The maximum absolute atomic E-state index is 6.20. The minimum Gasteiger partial charge on any atom is -0.318 e. The molecular weight excluding hydrogens is 284 g/mol. The Morgan fingerprint density at radius 2 is 2.12 bits per heavy atom. The highest BCUT2D eigenvalue weighted by molar-refractivity contribution is 9.10. The van der Waals surface area contributed by atoms with Crippen LogP contribution in [0.5, 0.6) is 0 Å². The van der Waals surface area contributed by atoms with Crippen LogP contribution in [0, 0.1) is 13.8 Å². The number of aromatic nitrogens is 1. The van der Waals surface area contributed by atoms with Crippen LogP contribution in [0.15, 0.2) is 28.1 Å². The van der Waals surface area contributed by atoms with Gasteiger partial charge >= 0.3 is 0 Å². The van der Waals surface area contributed by atoms with E-state index in [0.717, 1.165) is 20.7 Å². The van der Waals surface area contributed by atoms with E-state index >= 15 is 0 Å². The molecule has 0 radical (unpaired) electrons. The third-order valence-corrected chi connectivity index (χ3v) is 4.13. The van der Waals surface area contributed by atoms with Gasteiger partial charge in [-0.3, -0.25) is 0 Å². The lowest BCUT2D eigenvalue weighted by Gasteiger charge is -2.11. The van der Waals surface area contributed by atoms with Crippen molar-refractivity contribution >= 4 is 27.3 Å². The van der Waals surface area contributed by atoms with E-state index in [0.29, 0.717) is 0 Å². The first-order chi connectivity index (χ1) is 7.58. The van der Waals surface area contributed by atoms with Crippen molar-refractivity contribution in [1.82, 2.24) is 4.98 Å². The molecule has 0 amide bonds. The fourth-order valence-electron chi connectivity index (χ4n) is 1.53. The average molecular weight is 297 g/mol. The smallest absolute Gasteiger partial charge is 0.114 e. The van der Waals surface area contributed by atoms with Gasteiger partial charge in [0.2, 0.25) is 0 Å². The molecule has 0 fully saturated rings. The molecule has 16 heavy (non-hydrogen) atoms. The molecule has 4 heteroatoms. The van der Waals surface area contributed by atoms with Crippen LogP contribution >= 0.6 is 27.3 Å². The summed E-state index contributed by atoms with van der Waals surface area (Å²) in [7, 11) is 0. The van der Waals surface area contributed by atoms with Crippen molar-refractivity contribution in [3.63, 3.8) is 0 Å². The van der Waals surface area contributed by atoms with Gasteiger partial charge in [-0.05, 0) is 31.0 Å². The normalized spacial score (nSPS) is 12.8. The van der Waals surface area contributed by atoms with Crippen LogP contribution in [0.25, 0.3) is 0 Å². The lowest BCUT2D eigenvalue weighted by molar-refractivity contribution is 0.847. The topological polar surface area (TPSA) is 38.9 Å². The molecule has 2 rings (SSSR count). The minimum atomic E-state index is -0.145. The summed E-state index contributed by atoms with van der Waals surface area (Å²) in [6.07, 6.45) is 0. The zero-order chi connectivity index (χ0) is 11.7. The number of halogens is 1. The zero-order valence-corrected chi connectivity index (χ0v) is 11.6. The minimum absolute atomic E-state index is 0.145. The van der Waals surface area contributed by atoms with E-state index in [9.17, 15) is 0 Å². The van der Waals surface area contributed by atoms with Crippen molar-refractivity contribution in [3.05, 3.63) is 49.9 Å². The van der Waals surface area contributed by atoms with Gasteiger partial charge in [0.05, 0.1) is 6.04 Å².